The summed E-state index contributed by atoms with van der Waals surface area (Å²) in [5, 5.41) is 0. The highest BCUT2D eigenvalue weighted by atomic mass is 16.7. The molecule has 2 aliphatic rings. The number of likely N-dealkylation sites (tertiary alicyclic amines) is 1. The summed E-state index contributed by atoms with van der Waals surface area (Å²) in [5.74, 6) is 2.12. The summed E-state index contributed by atoms with van der Waals surface area (Å²) < 4.78 is 21.3. The molecule has 0 unspecified atom stereocenters. The van der Waals surface area contributed by atoms with Gasteiger partial charge in [-0.25, -0.2) is 4.79 Å². The number of rotatable bonds is 3. The summed E-state index contributed by atoms with van der Waals surface area (Å²) in [4.78, 5) is 25.8. The first-order valence-corrected chi connectivity index (χ1v) is 8.06. The Morgan fingerprint density at radius 1 is 1.20 bits per heavy atom. The van der Waals surface area contributed by atoms with Gasteiger partial charge in [-0.15, -0.1) is 0 Å². The number of aryl methyl sites for hydroxylation is 1. The Bertz CT molecular complexity index is 874. The number of hydrogen-bond acceptors (Lipinski definition) is 6. The van der Waals surface area contributed by atoms with E-state index in [9.17, 15) is 9.59 Å². The number of ether oxygens (including phenoxy) is 3. The number of hydrogen-bond donors (Lipinski definition) is 0. The molecule has 1 aromatic heterocycles. The minimum absolute atomic E-state index is 0.0758. The molecule has 130 valence electrons. The van der Waals surface area contributed by atoms with Crippen LogP contribution >= 0.6 is 0 Å². The highest BCUT2D eigenvalue weighted by Gasteiger charge is 2.29. The van der Waals surface area contributed by atoms with Gasteiger partial charge in [0.05, 0.1) is 12.6 Å². The van der Waals surface area contributed by atoms with Crippen LogP contribution in [0.4, 0.5) is 0 Å². The summed E-state index contributed by atoms with van der Waals surface area (Å²) in [6, 6.07) is 8.16. The highest BCUT2D eigenvalue weighted by molar-refractivity contribution is 5.95. The number of carbonyl (C=O) groups excluding carboxylic acids is 1. The molecule has 0 spiro atoms. The SMILES string of the molecule is Cc1cc(O[C@@H]2CCN(C(=O)c3ccc4c(c3)OCO4)C2)cc(=O)o1. The molecule has 1 atom stereocenters. The van der Waals surface area contributed by atoms with Gasteiger partial charge >= 0.3 is 5.63 Å². The molecule has 2 aliphatic heterocycles. The molecule has 1 aromatic carbocycles. The second-order valence-corrected chi connectivity index (χ2v) is 6.07. The molecule has 1 amide bonds. The van der Waals surface area contributed by atoms with Crippen LogP contribution in [-0.4, -0.2) is 36.8 Å². The number of amides is 1. The molecule has 1 saturated heterocycles. The Kier molecular flexibility index (Phi) is 3.83. The van der Waals surface area contributed by atoms with Crippen molar-refractivity contribution in [2.75, 3.05) is 19.9 Å². The first-order chi connectivity index (χ1) is 12.1. The van der Waals surface area contributed by atoms with Gasteiger partial charge in [-0.2, -0.15) is 0 Å². The molecule has 0 N–H and O–H groups in total. The molecule has 4 rings (SSSR count). The van der Waals surface area contributed by atoms with Crippen molar-refractivity contribution in [3.05, 3.63) is 52.1 Å². The fraction of sp³-hybridized carbons (Fsp3) is 0.333. The number of carbonyl (C=O) groups is 1. The Balaban J connectivity index is 1.43. The van der Waals surface area contributed by atoms with Gasteiger partial charge in [0, 0.05) is 24.6 Å². The molecule has 0 radical (unpaired) electrons. The Hall–Kier alpha value is -2.96. The molecule has 25 heavy (non-hydrogen) atoms. The van der Waals surface area contributed by atoms with Crippen molar-refractivity contribution in [1.29, 1.82) is 0 Å². The van der Waals surface area contributed by atoms with Crippen molar-refractivity contribution < 1.29 is 23.4 Å². The minimum Gasteiger partial charge on any atom is -0.488 e. The van der Waals surface area contributed by atoms with E-state index in [2.05, 4.69) is 0 Å². The zero-order valence-electron chi connectivity index (χ0n) is 13.7. The largest absolute Gasteiger partial charge is 0.488 e. The molecule has 7 nitrogen and oxygen atoms in total. The van der Waals surface area contributed by atoms with Gasteiger partial charge in [0.2, 0.25) is 6.79 Å². The molecule has 0 saturated carbocycles. The molecule has 2 aromatic rings. The first kappa shape index (κ1) is 15.6. The van der Waals surface area contributed by atoms with Gasteiger partial charge in [0.1, 0.15) is 17.6 Å². The maximum Gasteiger partial charge on any atom is 0.339 e. The van der Waals surface area contributed by atoms with Crippen molar-refractivity contribution in [3.8, 4) is 17.2 Å². The van der Waals surface area contributed by atoms with Gasteiger partial charge in [-0.05, 0) is 25.1 Å². The van der Waals surface area contributed by atoms with Gasteiger partial charge < -0.3 is 23.5 Å². The van der Waals surface area contributed by atoms with E-state index in [4.69, 9.17) is 18.6 Å². The van der Waals surface area contributed by atoms with Crippen LogP contribution in [0.25, 0.3) is 0 Å². The molecule has 1 fully saturated rings. The zero-order chi connectivity index (χ0) is 17.4. The fourth-order valence-corrected chi connectivity index (χ4v) is 3.06. The number of fused-ring (bicyclic) bond motifs is 1. The predicted molar refractivity (Wildman–Crippen MR) is 87.2 cm³/mol. The van der Waals surface area contributed by atoms with Crippen LogP contribution in [0, 0.1) is 6.92 Å². The lowest BCUT2D eigenvalue weighted by atomic mass is 10.2. The maximum absolute atomic E-state index is 12.7. The van der Waals surface area contributed by atoms with Crippen molar-refractivity contribution in [2.24, 2.45) is 0 Å². The van der Waals surface area contributed by atoms with E-state index in [1.54, 1.807) is 36.1 Å². The minimum atomic E-state index is -0.443. The normalized spacial score (nSPS) is 18.4. The average molecular weight is 343 g/mol. The molecule has 7 heteroatoms. The van der Waals surface area contributed by atoms with E-state index in [1.807, 2.05) is 0 Å². The lowest BCUT2D eigenvalue weighted by molar-refractivity contribution is 0.0771. The Morgan fingerprint density at radius 3 is 2.88 bits per heavy atom. The predicted octanol–water partition coefficient (Wildman–Crippen LogP) is 1.97. The summed E-state index contributed by atoms with van der Waals surface area (Å²) >= 11 is 0. The third-order valence-electron chi connectivity index (χ3n) is 4.22. The summed E-state index contributed by atoms with van der Waals surface area (Å²) in [6.45, 7) is 2.93. The van der Waals surface area contributed by atoms with E-state index >= 15 is 0 Å². The van der Waals surface area contributed by atoms with Crippen LogP contribution in [0.3, 0.4) is 0 Å². The van der Waals surface area contributed by atoms with Crippen LogP contribution in [0.1, 0.15) is 22.5 Å². The van der Waals surface area contributed by atoms with E-state index in [0.29, 0.717) is 48.1 Å². The Labute approximate surface area is 143 Å². The van der Waals surface area contributed by atoms with Gasteiger partial charge in [-0.3, -0.25) is 4.79 Å². The highest BCUT2D eigenvalue weighted by Crippen LogP contribution is 2.33. The molecule has 3 heterocycles. The quantitative estimate of drug-likeness (QED) is 0.848. The van der Waals surface area contributed by atoms with Crippen LogP contribution < -0.4 is 19.8 Å². The molecular weight excluding hydrogens is 326 g/mol. The second kappa shape index (κ2) is 6.16. The van der Waals surface area contributed by atoms with Crippen molar-refractivity contribution in [3.63, 3.8) is 0 Å². The van der Waals surface area contributed by atoms with Gasteiger partial charge in [0.25, 0.3) is 5.91 Å². The van der Waals surface area contributed by atoms with Crippen LogP contribution in [0.5, 0.6) is 17.2 Å². The monoisotopic (exact) mass is 343 g/mol. The van der Waals surface area contributed by atoms with Crippen molar-refractivity contribution in [1.82, 2.24) is 4.90 Å². The maximum atomic E-state index is 12.7. The van der Waals surface area contributed by atoms with E-state index < -0.39 is 5.63 Å². The van der Waals surface area contributed by atoms with Crippen LogP contribution in [-0.2, 0) is 0 Å². The van der Waals surface area contributed by atoms with Gasteiger partial charge in [0.15, 0.2) is 11.5 Å². The molecule has 0 bridgehead atoms. The third-order valence-corrected chi connectivity index (χ3v) is 4.22. The zero-order valence-corrected chi connectivity index (χ0v) is 13.7. The summed E-state index contributed by atoms with van der Waals surface area (Å²) in [5.41, 5.74) is 0.113. The van der Waals surface area contributed by atoms with Crippen LogP contribution in [0.15, 0.2) is 39.5 Å². The summed E-state index contributed by atoms with van der Waals surface area (Å²) in [6.07, 6.45) is 0.550. The number of benzene rings is 1. The third kappa shape index (κ3) is 3.17. The lowest BCUT2D eigenvalue weighted by Crippen LogP contribution is -2.31. The van der Waals surface area contributed by atoms with E-state index in [0.717, 1.165) is 0 Å². The standard InChI is InChI=1S/C18H17NO6/c1-11-6-14(8-17(20)24-11)25-13-4-5-19(9-13)18(21)12-2-3-15-16(7-12)23-10-22-15/h2-3,6-8,13H,4-5,9-10H2,1H3/t13-/m1/s1. The van der Waals surface area contributed by atoms with Gasteiger partial charge in [-0.1, -0.05) is 0 Å². The number of nitrogens with zero attached hydrogens (tertiary/aromatic N) is 1. The average Bonchev–Trinajstić information content (AvgIpc) is 3.21. The van der Waals surface area contributed by atoms with Crippen LogP contribution in [0.2, 0.25) is 0 Å². The van der Waals surface area contributed by atoms with Crippen molar-refractivity contribution >= 4 is 5.91 Å². The van der Waals surface area contributed by atoms with Crippen molar-refractivity contribution in [2.45, 2.75) is 19.4 Å². The molecular formula is C18H17NO6. The first-order valence-electron chi connectivity index (χ1n) is 8.06. The second-order valence-electron chi connectivity index (χ2n) is 6.07. The summed E-state index contributed by atoms with van der Waals surface area (Å²) in [7, 11) is 0. The van der Waals surface area contributed by atoms with E-state index in [1.165, 1.54) is 6.07 Å². The lowest BCUT2D eigenvalue weighted by Gasteiger charge is -2.17. The Morgan fingerprint density at radius 2 is 2.04 bits per heavy atom. The van der Waals surface area contributed by atoms with E-state index in [-0.39, 0.29) is 18.8 Å². The smallest absolute Gasteiger partial charge is 0.339 e. The fourth-order valence-electron chi connectivity index (χ4n) is 3.06. The topological polar surface area (TPSA) is 78.2 Å². The molecule has 0 aliphatic carbocycles.